The predicted octanol–water partition coefficient (Wildman–Crippen LogP) is 7.01. The quantitative estimate of drug-likeness (QED) is 0.160. The fourth-order valence-corrected chi connectivity index (χ4v) is 5.14. The maximum atomic E-state index is 12.4. The number of benzene rings is 1. The van der Waals surface area contributed by atoms with Crippen molar-refractivity contribution in [2.75, 3.05) is 34.3 Å². The summed E-state index contributed by atoms with van der Waals surface area (Å²) in [6, 6.07) is 5.29. The van der Waals surface area contributed by atoms with E-state index in [1.807, 2.05) is 11.0 Å². The van der Waals surface area contributed by atoms with Crippen LogP contribution in [0, 0.1) is 17.8 Å². The second-order valence-corrected chi connectivity index (χ2v) is 11.0. The van der Waals surface area contributed by atoms with Crippen LogP contribution >= 0.6 is 11.6 Å². The van der Waals surface area contributed by atoms with Crippen LogP contribution in [-0.4, -0.2) is 68.9 Å². The number of carbonyl (C=O) groups excluding carboxylic acids is 2. The van der Waals surface area contributed by atoms with E-state index in [0.717, 1.165) is 62.8 Å². The van der Waals surface area contributed by atoms with Crippen LogP contribution in [0.2, 0.25) is 5.02 Å². The molecule has 1 aromatic carbocycles. The highest BCUT2D eigenvalue weighted by Crippen LogP contribution is 2.38. The average Bonchev–Trinajstić information content (AvgIpc) is 2.92. The lowest BCUT2D eigenvalue weighted by Gasteiger charge is -2.39. The number of hydrogen-bond acceptors (Lipinski definition) is 4. The highest BCUT2D eigenvalue weighted by Gasteiger charge is 2.33. The third-order valence-corrected chi connectivity index (χ3v) is 7.83. The van der Waals surface area contributed by atoms with E-state index in [9.17, 15) is 18.4 Å². The van der Waals surface area contributed by atoms with Crippen LogP contribution in [0.3, 0.4) is 0 Å². The number of nitrogens with zero attached hydrogens (tertiary/aromatic N) is 2. The lowest BCUT2D eigenvalue weighted by atomic mass is 9.74. The van der Waals surface area contributed by atoms with Gasteiger partial charge in [0.05, 0.1) is 23.8 Å². The first kappa shape index (κ1) is 33.3. The molecule has 1 unspecified atom stereocenters. The van der Waals surface area contributed by atoms with E-state index in [-0.39, 0.29) is 12.0 Å². The van der Waals surface area contributed by atoms with E-state index in [2.05, 4.69) is 6.58 Å². The summed E-state index contributed by atoms with van der Waals surface area (Å²) in [7, 11) is 4.90. The Balaban J connectivity index is 0.000000342. The summed E-state index contributed by atoms with van der Waals surface area (Å²) < 4.78 is 35.7. The van der Waals surface area contributed by atoms with Crippen LogP contribution in [0.5, 0.6) is 5.75 Å². The smallest absolute Gasteiger partial charge is 0.254 e. The molecule has 0 N–H and O–H groups in total. The molecule has 1 saturated heterocycles. The Morgan fingerprint density at radius 1 is 1.23 bits per heavy atom. The normalized spacial score (nSPS) is 20.6. The van der Waals surface area contributed by atoms with Crippen LogP contribution in [0.15, 0.2) is 54.3 Å². The van der Waals surface area contributed by atoms with Gasteiger partial charge in [-0.2, -0.15) is 0 Å². The van der Waals surface area contributed by atoms with Crippen LogP contribution in [-0.2, 0) is 9.53 Å². The van der Waals surface area contributed by atoms with Crippen molar-refractivity contribution < 1.29 is 27.8 Å². The number of rotatable bonds is 11. The van der Waals surface area contributed by atoms with Crippen LogP contribution in [0.25, 0.3) is 0 Å². The number of piperidine rings is 1. The molecule has 1 aliphatic heterocycles. The summed E-state index contributed by atoms with van der Waals surface area (Å²) in [5, 5.41) is 0.430. The minimum absolute atomic E-state index is 0.106. The Morgan fingerprint density at radius 3 is 2.35 bits per heavy atom. The van der Waals surface area contributed by atoms with Crippen LogP contribution in [0.1, 0.15) is 56.3 Å². The van der Waals surface area contributed by atoms with E-state index >= 15 is 0 Å². The molecular formula is C31H43ClF2N2O4. The molecule has 1 saturated carbocycles. The fourth-order valence-electron chi connectivity index (χ4n) is 4.89. The minimum atomic E-state index is -2.36. The van der Waals surface area contributed by atoms with E-state index < -0.39 is 12.3 Å². The van der Waals surface area contributed by atoms with E-state index in [0.29, 0.717) is 21.9 Å². The standard InChI is InChI=1S/C20H27ClN2O3.C11H16F2O/c1-22(2)20(25)18-4-3-16(12-19(18)21)26-17-10-15(11-17)9-14-5-7-23(13-24)8-6-14;1-5-9(8(3)11(12)13)7-10(6-2)14-4/h3-4,12-15,17H,5-11H2,1-2H3;5-8,11H,2H2,1,3-4H3/b;9-5+,10-7+. The van der Waals surface area contributed by atoms with Crippen LogP contribution < -0.4 is 4.74 Å². The van der Waals surface area contributed by atoms with Gasteiger partial charge >= 0.3 is 0 Å². The molecule has 1 heterocycles. The molecule has 1 atom stereocenters. The van der Waals surface area contributed by atoms with Crippen molar-refractivity contribution in [2.45, 2.75) is 58.5 Å². The highest BCUT2D eigenvalue weighted by atomic mass is 35.5. The molecule has 3 rings (SSSR count). The van der Waals surface area contributed by atoms with Crippen molar-refractivity contribution in [1.29, 1.82) is 0 Å². The molecule has 1 aliphatic carbocycles. The van der Waals surface area contributed by atoms with Crippen molar-refractivity contribution in [3.8, 4) is 5.75 Å². The summed E-state index contributed by atoms with van der Waals surface area (Å²) >= 11 is 6.24. The molecule has 222 valence electrons. The van der Waals surface area contributed by atoms with Gasteiger partial charge in [0.1, 0.15) is 11.5 Å². The third kappa shape index (κ3) is 9.95. The number of methoxy groups -OCH3 is 1. The molecule has 9 heteroatoms. The Bertz CT molecular complexity index is 1050. The van der Waals surface area contributed by atoms with Gasteiger partial charge in [-0.25, -0.2) is 8.78 Å². The van der Waals surface area contributed by atoms with Crippen LogP contribution in [0.4, 0.5) is 8.78 Å². The second-order valence-electron chi connectivity index (χ2n) is 10.6. The van der Waals surface area contributed by atoms with Crippen molar-refractivity contribution in [3.05, 3.63) is 64.9 Å². The van der Waals surface area contributed by atoms with Gasteiger partial charge in [0.2, 0.25) is 12.8 Å². The minimum Gasteiger partial charge on any atom is -0.497 e. The molecule has 0 radical (unpaired) electrons. The summed E-state index contributed by atoms with van der Waals surface area (Å²) in [4.78, 5) is 26.2. The first-order valence-corrected chi connectivity index (χ1v) is 14.1. The van der Waals surface area contributed by atoms with Crippen molar-refractivity contribution in [2.24, 2.45) is 17.8 Å². The molecule has 6 nitrogen and oxygen atoms in total. The number of ether oxygens (including phenoxy) is 2. The van der Waals surface area contributed by atoms with Gasteiger partial charge in [0.25, 0.3) is 5.91 Å². The molecule has 40 heavy (non-hydrogen) atoms. The Labute approximate surface area is 242 Å². The molecular weight excluding hydrogens is 538 g/mol. The average molecular weight is 581 g/mol. The van der Waals surface area contributed by atoms with Gasteiger partial charge in [-0.05, 0) is 86.8 Å². The number of alkyl halides is 2. The molecule has 0 spiro atoms. The van der Waals surface area contributed by atoms with E-state index in [1.165, 1.54) is 31.4 Å². The number of likely N-dealkylation sites (tertiary alicyclic amines) is 1. The number of hydrogen-bond donors (Lipinski definition) is 0. The Morgan fingerprint density at radius 2 is 1.88 bits per heavy atom. The van der Waals surface area contributed by atoms with E-state index in [4.69, 9.17) is 21.1 Å². The van der Waals surface area contributed by atoms with Crippen molar-refractivity contribution in [1.82, 2.24) is 9.80 Å². The predicted molar refractivity (Wildman–Crippen MR) is 156 cm³/mol. The van der Waals surface area contributed by atoms with E-state index in [1.54, 1.807) is 45.3 Å². The topological polar surface area (TPSA) is 59.1 Å². The van der Waals surface area contributed by atoms with Crippen molar-refractivity contribution >= 4 is 23.9 Å². The second kappa shape index (κ2) is 16.4. The Hall–Kier alpha value is -2.87. The number of allylic oxidation sites excluding steroid dienone is 4. The zero-order valence-electron chi connectivity index (χ0n) is 24.2. The van der Waals surface area contributed by atoms with Gasteiger partial charge < -0.3 is 19.3 Å². The Kier molecular flexibility index (Phi) is 13.7. The van der Waals surface area contributed by atoms with Gasteiger partial charge in [0, 0.05) is 33.1 Å². The lowest BCUT2D eigenvalue weighted by Crippen LogP contribution is -2.37. The molecule has 0 bridgehead atoms. The van der Waals surface area contributed by atoms with Gasteiger partial charge in [-0.1, -0.05) is 31.2 Å². The van der Waals surface area contributed by atoms with Crippen molar-refractivity contribution in [3.63, 3.8) is 0 Å². The van der Waals surface area contributed by atoms with Gasteiger partial charge in [-0.15, -0.1) is 0 Å². The SMILES string of the molecule is C=C/C(=C\C(=C/C)C(C)C(F)F)OC.CN(C)C(=O)c1ccc(OC2CC(CC3CCN(C=O)CC3)C2)cc1Cl. The summed E-state index contributed by atoms with van der Waals surface area (Å²) in [6.45, 7) is 8.52. The maximum absolute atomic E-state index is 12.4. The first-order valence-electron chi connectivity index (χ1n) is 13.7. The molecule has 2 fully saturated rings. The number of amides is 2. The zero-order valence-corrected chi connectivity index (χ0v) is 25.0. The lowest BCUT2D eigenvalue weighted by molar-refractivity contribution is -0.119. The van der Waals surface area contributed by atoms with Gasteiger partial charge in [0.15, 0.2) is 0 Å². The third-order valence-electron chi connectivity index (χ3n) is 7.52. The highest BCUT2D eigenvalue weighted by molar-refractivity contribution is 6.34. The maximum Gasteiger partial charge on any atom is 0.254 e. The summed E-state index contributed by atoms with van der Waals surface area (Å²) in [5.41, 5.74) is 1.05. The fraction of sp³-hybridized carbons (Fsp3) is 0.548. The molecule has 2 amide bonds. The number of halogens is 3. The van der Waals surface area contributed by atoms with Gasteiger partial charge in [-0.3, -0.25) is 9.59 Å². The summed E-state index contributed by atoms with van der Waals surface area (Å²) in [5.74, 6) is 1.79. The molecule has 2 aliphatic rings. The summed E-state index contributed by atoms with van der Waals surface area (Å²) in [6.07, 6.45) is 9.19. The number of carbonyl (C=O) groups is 2. The molecule has 1 aromatic rings. The monoisotopic (exact) mass is 580 g/mol. The zero-order chi connectivity index (χ0) is 29.8. The largest absolute Gasteiger partial charge is 0.497 e. The molecule has 0 aromatic heterocycles. The first-order chi connectivity index (χ1) is 19.0.